The van der Waals surface area contributed by atoms with Gasteiger partial charge < -0.3 is 9.84 Å². The minimum Gasteiger partial charge on any atom is -0.387 e. The van der Waals surface area contributed by atoms with Crippen molar-refractivity contribution in [2.45, 2.75) is 19.1 Å². The normalized spacial score (nSPS) is 23.6. The lowest BCUT2D eigenvalue weighted by molar-refractivity contribution is -0.0318. The highest BCUT2D eigenvalue weighted by Crippen LogP contribution is 2.18. The number of aliphatic hydroxyl groups excluding tert-OH is 1. The van der Waals surface area contributed by atoms with E-state index >= 15 is 0 Å². The second-order valence-electron chi connectivity index (χ2n) is 4.51. The van der Waals surface area contributed by atoms with E-state index in [4.69, 9.17) is 16.3 Å². The highest BCUT2D eigenvalue weighted by Gasteiger charge is 2.19. The zero-order valence-electron chi connectivity index (χ0n) is 9.97. The summed E-state index contributed by atoms with van der Waals surface area (Å²) in [6, 6.07) is 7.36. The van der Waals surface area contributed by atoms with Gasteiger partial charge in [-0.2, -0.15) is 0 Å². The number of β-amino-alcohol motifs (C(OH)–C–C–N with tert-alkyl or cyclic N) is 1. The number of hydrogen-bond donors (Lipinski definition) is 1. The summed E-state index contributed by atoms with van der Waals surface area (Å²) in [7, 11) is 0. The molecular formula is C13H18ClNO2. The molecule has 1 saturated heterocycles. The Balaban J connectivity index is 1.91. The lowest BCUT2D eigenvalue weighted by Gasteiger charge is -2.32. The Kier molecular flexibility index (Phi) is 4.40. The Labute approximate surface area is 107 Å². The molecule has 1 aromatic carbocycles. The molecule has 1 aliphatic rings. The number of halogens is 1. The highest BCUT2D eigenvalue weighted by molar-refractivity contribution is 6.30. The molecule has 0 aliphatic carbocycles. The first-order chi connectivity index (χ1) is 8.15. The Hall–Kier alpha value is -0.610. The van der Waals surface area contributed by atoms with Crippen molar-refractivity contribution in [1.82, 2.24) is 4.90 Å². The largest absolute Gasteiger partial charge is 0.387 e. The van der Waals surface area contributed by atoms with E-state index < -0.39 is 6.10 Å². The number of nitrogens with zero attached hydrogens (tertiary/aromatic N) is 1. The third-order valence-corrected chi connectivity index (χ3v) is 3.26. The van der Waals surface area contributed by atoms with Crippen LogP contribution in [0.3, 0.4) is 0 Å². The van der Waals surface area contributed by atoms with E-state index in [-0.39, 0.29) is 6.10 Å². The fourth-order valence-electron chi connectivity index (χ4n) is 2.09. The van der Waals surface area contributed by atoms with E-state index in [0.29, 0.717) is 11.6 Å². The molecule has 1 N–H and O–H groups in total. The third-order valence-electron chi connectivity index (χ3n) is 3.01. The van der Waals surface area contributed by atoms with Crippen molar-refractivity contribution in [3.8, 4) is 0 Å². The van der Waals surface area contributed by atoms with Crippen molar-refractivity contribution in [3.05, 3.63) is 34.9 Å². The predicted octanol–water partition coefficient (Wildman–Crippen LogP) is 2.09. The summed E-state index contributed by atoms with van der Waals surface area (Å²) in [6.07, 6.45) is -0.210. The van der Waals surface area contributed by atoms with Gasteiger partial charge in [-0.3, -0.25) is 4.90 Å². The van der Waals surface area contributed by atoms with Crippen LogP contribution in [-0.4, -0.2) is 42.4 Å². The molecule has 2 rings (SSSR count). The van der Waals surface area contributed by atoms with Crippen LogP contribution >= 0.6 is 11.6 Å². The second-order valence-corrected chi connectivity index (χ2v) is 4.94. The maximum absolute atomic E-state index is 10.1. The summed E-state index contributed by atoms with van der Waals surface area (Å²) in [5.41, 5.74) is 0.911. The SMILES string of the molecule is C[C@@H]1CN(C[C@H](O)c2ccc(Cl)cc2)CCO1. The molecule has 4 heteroatoms. The lowest BCUT2D eigenvalue weighted by Crippen LogP contribution is -2.42. The molecule has 0 radical (unpaired) electrons. The van der Waals surface area contributed by atoms with Gasteiger partial charge in [0.25, 0.3) is 0 Å². The number of hydrogen-bond acceptors (Lipinski definition) is 3. The van der Waals surface area contributed by atoms with Crippen molar-refractivity contribution in [2.24, 2.45) is 0 Å². The summed E-state index contributed by atoms with van der Waals surface area (Å²) >= 11 is 5.82. The third kappa shape index (κ3) is 3.68. The van der Waals surface area contributed by atoms with Gasteiger partial charge in [-0.1, -0.05) is 23.7 Å². The van der Waals surface area contributed by atoms with Crippen LogP contribution in [0.2, 0.25) is 5.02 Å². The number of aliphatic hydroxyl groups is 1. The fourth-order valence-corrected chi connectivity index (χ4v) is 2.22. The molecule has 0 saturated carbocycles. The molecule has 0 bridgehead atoms. The van der Waals surface area contributed by atoms with Gasteiger partial charge in [-0.05, 0) is 24.6 Å². The first kappa shape index (κ1) is 12.8. The van der Waals surface area contributed by atoms with Gasteiger partial charge in [-0.15, -0.1) is 0 Å². The monoisotopic (exact) mass is 255 g/mol. The molecule has 0 aromatic heterocycles. The van der Waals surface area contributed by atoms with Crippen molar-refractivity contribution in [3.63, 3.8) is 0 Å². The molecule has 1 heterocycles. The molecule has 0 spiro atoms. The Bertz CT molecular complexity index is 355. The van der Waals surface area contributed by atoms with E-state index in [1.807, 2.05) is 24.3 Å². The molecule has 0 amide bonds. The molecule has 0 unspecified atom stereocenters. The maximum atomic E-state index is 10.1. The molecule has 17 heavy (non-hydrogen) atoms. The predicted molar refractivity (Wildman–Crippen MR) is 68.3 cm³/mol. The Morgan fingerprint density at radius 1 is 1.47 bits per heavy atom. The molecule has 1 aliphatic heterocycles. The topological polar surface area (TPSA) is 32.7 Å². The van der Waals surface area contributed by atoms with Crippen LogP contribution < -0.4 is 0 Å². The van der Waals surface area contributed by atoms with E-state index in [1.54, 1.807) is 0 Å². The molecular weight excluding hydrogens is 238 g/mol. The summed E-state index contributed by atoms with van der Waals surface area (Å²) < 4.78 is 5.47. The molecule has 2 atom stereocenters. The van der Waals surface area contributed by atoms with Gasteiger partial charge in [0.1, 0.15) is 0 Å². The minimum absolute atomic E-state index is 0.251. The van der Waals surface area contributed by atoms with Gasteiger partial charge in [0.2, 0.25) is 0 Å². The van der Waals surface area contributed by atoms with Crippen LogP contribution in [0.25, 0.3) is 0 Å². The average Bonchev–Trinajstić information content (AvgIpc) is 2.29. The zero-order chi connectivity index (χ0) is 12.3. The van der Waals surface area contributed by atoms with E-state index in [9.17, 15) is 5.11 Å². The van der Waals surface area contributed by atoms with Gasteiger partial charge in [0.05, 0.1) is 18.8 Å². The van der Waals surface area contributed by atoms with E-state index in [0.717, 1.165) is 25.3 Å². The number of rotatable bonds is 3. The lowest BCUT2D eigenvalue weighted by atomic mass is 10.1. The summed E-state index contributed by atoms with van der Waals surface area (Å²) in [5.74, 6) is 0. The van der Waals surface area contributed by atoms with Crippen LogP contribution in [0.15, 0.2) is 24.3 Å². The van der Waals surface area contributed by atoms with Crippen LogP contribution in [0.5, 0.6) is 0 Å². The van der Waals surface area contributed by atoms with Gasteiger partial charge in [-0.25, -0.2) is 0 Å². The first-order valence-electron chi connectivity index (χ1n) is 5.92. The molecule has 94 valence electrons. The molecule has 3 nitrogen and oxygen atoms in total. The van der Waals surface area contributed by atoms with Crippen LogP contribution in [0.1, 0.15) is 18.6 Å². The van der Waals surface area contributed by atoms with Crippen molar-refractivity contribution < 1.29 is 9.84 Å². The van der Waals surface area contributed by atoms with Crippen molar-refractivity contribution in [1.29, 1.82) is 0 Å². The first-order valence-corrected chi connectivity index (χ1v) is 6.30. The number of ether oxygens (including phenoxy) is 1. The van der Waals surface area contributed by atoms with Crippen LogP contribution in [0, 0.1) is 0 Å². The van der Waals surface area contributed by atoms with Crippen LogP contribution in [-0.2, 0) is 4.74 Å². The van der Waals surface area contributed by atoms with E-state index in [1.165, 1.54) is 0 Å². The number of morpholine rings is 1. The molecule has 1 fully saturated rings. The zero-order valence-corrected chi connectivity index (χ0v) is 10.7. The average molecular weight is 256 g/mol. The van der Waals surface area contributed by atoms with E-state index in [2.05, 4.69) is 11.8 Å². The smallest absolute Gasteiger partial charge is 0.0916 e. The Morgan fingerprint density at radius 3 is 2.82 bits per heavy atom. The molecule has 1 aromatic rings. The Morgan fingerprint density at radius 2 is 2.18 bits per heavy atom. The van der Waals surface area contributed by atoms with Gasteiger partial charge in [0.15, 0.2) is 0 Å². The summed E-state index contributed by atoms with van der Waals surface area (Å²) in [4.78, 5) is 2.23. The van der Waals surface area contributed by atoms with Crippen molar-refractivity contribution in [2.75, 3.05) is 26.2 Å². The standard InChI is InChI=1S/C13H18ClNO2/c1-10-8-15(6-7-17-10)9-13(16)11-2-4-12(14)5-3-11/h2-5,10,13,16H,6-9H2,1H3/t10-,13+/m1/s1. The van der Waals surface area contributed by atoms with Gasteiger partial charge in [0, 0.05) is 24.7 Å². The quantitative estimate of drug-likeness (QED) is 0.898. The number of benzene rings is 1. The van der Waals surface area contributed by atoms with Crippen LogP contribution in [0.4, 0.5) is 0 Å². The van der Waals surface area contributed by atoms with Gasteiger partial charge >= 0.3 is 0 Å². The minimum atomic E-state index is -0.461. The summed E-state index contributed by atoms with van der Waals surface area (Å²) in [6.45, 7) is 5.21. The maximum Gasteiger partial charge on any atom is 0.0916 e. The second kappa shape index (κ2) is 5.83. The van der Waals surface area contributed by atoms with Crippen molar-refractivity contribution >= 4 is 11.6 Å². The fraction of sp³-hybridized carbons (Fsp3) is 0.538. The summed E-state index contributed by atoms with van der Waals surface area (Å²) in [5, 5.41) is 10.8. The highest BCUT2D eigenvalue weighted by atomic mass is 35.5.